The molecule has 0 aliphatic carbocycles. The molecule has 0 spiro atoms. The molecule has 0 fully saturated rings. The third kappa shape index (κ3) is 7.05. The second-order valence-corrected chi connectivity index (χ2v) is 10.3. The fraction of sp³-hybridized carbons (Fsp3) is 0.290. The van der Waals surface area contributed by atoms with Crippen molar-refractivity contribution < 1.29 is 29.0 Å². The van der Waals surface area contributed by atoms with Crippen LogP contribution in [0.2, 0.25) is 0 Å². The quantitative estimate of drug-likeness (QED) is 0.242. The Morgan fingerprint density at radius 3 is 2.30 bits per heavy atom. The first-order valence-electron chi connectivity index (χ1n) is 13.1. The van der Waals surface area contributed by atoms with Crippen LogP contribution >= 0.6 is 0 Å². The van der Waals surface area contributed by atoms with Gasteiger partial charge in [0.25, 0.3) is 5.91 Å². The van der Waals surface area contributed by atoms with Crippen LogP contribution in [0.5, 0.6) is 5.75 Å². The van der Waals surface area contributed by atoms with E-state index in [9.17, 15) is 24.3 Å². The van der Waals surface area contributed by atoms with Crippen molar-refractivity contribution in [2.24, 2.45) is 5.92 Å². The predicted molar refractivity (Wildman–Crippen MR) is 149 cm³/mol. The number of ether oxygens (including phenoxy) is 1. The summed E-state index contributed by atoms with van der Waals surface area (Å²) < 4.78 is 5.61. The van der Waals surface area contributed by atoms with Crippen LogP contribution in [-0.2, 0) is 36.8 Å². The molecule has 0 aromatic heterocycles. The number of carbonyl (C=O) groups is 4. The first kappa shape index (κ1) is 28.4. The van der Waals surface area contributed by atoms with Crippen molar-refractivity contribution in [1.29, 1.82) is 0 Å². The van der Waals surface area contributed by atoms with Gasteiger partial charge in [-0.1, -0.05) is 74.0 Å². The minimum atomic E-state index is -1.40. The van der Waals surface area contributed by atoms with Crippen molar-refractivity contribution in [2.45, 2.75) is 51.8 Å². The van der Waals surface area contributed by atoms with Gasteiger partial charge < -0.3 is 25.8 Å². The van der Waals surface area contributed by atoms with Crippen molar-refractivity contribution >= 4 is 29.4 Å². The van der Waals surface area contributed by atoms with E-state index in [1.807, 2.05) is 49.4 Å². The SMILES string of the molecule is Cc1ccc(CC(=O)O[C@H]2C(=O)Nc3ccc(O)cc3[C@@H]2NC(=O)[C@@H](NC(=O)Cc2ccccc2)C(C)C)cc1. The highest BCUT2D eigenvalue weighted by atomic mass is 16.5. The molecule has 208 valence electrons. The van der Waals surface area contributed by atoms with Crippen LogP contribution in [0.3, 0.4) is 0 Å². The van der Waals surface area contributed by atoms with Gasteiger partial charge in [0.1, 0.15) is 17.8 Å². The maximum Gasteiger partial charge on any atom is 0.311 e. The average molecular weight is 544 g/mol. The number of hydrogen-bond acceptors (Lipinski definition) is 6. The molecule has 4 rings (SSSR count). The summed E-state index contributed by atoms with van der Waals surface area (Å²) in [4.78, 5) is 52.2. The van der Waals surface area contributed by atoms with E-state index in [0.29, 0.717) is 16.8 Å². The predicted octanol–water partition coefficient (Wildman–Crippen LogP) is 3.35. The van der Waals surface area contributed by atoms with Gasteiger partial charge in [0.2, 0.25) is 17.9 Å². The molecule has 0 unspecified atom stereocenters. The van der Waals surface area contributed by atoms with Crippen LogP contribution in [-0.4, -0.2) is 40.9 Å². The lowest BCUT2D eigenvalue weighted by Gasteiger charge is -2.34. The Labute approximate surface area is 232 Å². The summed E-state index contributed by atoms with van der Waals surface area (Å²) in [6.07, 6.45) is -1.37. The van der Waals surface area contributed by atoms with Crippen LogP contribution in [0.25, 0.3) is 0 Å². The zero-order chi connectivity index (χ0) is 28.8. The van der Waals surface area contributed by atoms with Gasteiger partial charge in [-0.15, -0.1) is 0 Å². The van der Waals surface area contributed by atoms with E-state index in [1.165, 1.54) is 18.2 Å². The van der Waals surface area contributed by atoms with Crippen LogP contribution in [0.1, 0.15) is 42.1 Å². The summed E-state index contributed by atoms with van der Waals surface area (Å²) in [5, 5.41) is 18.4. The number of hydrogen-bond donors (Lipinski definition) is 4. The smallest absolute Gasteiger partial charge is 0.311 e. The monoisotopic (exact) mass is 543 g/mol. The van der Waals surface area contributed by atoms with Crippen LogP contribution in [0.4, 0.5) is 5.69 Å². The van der Waals surface area contributed by atoms with Crippen molar-refractivity contribution in [3.05, 3.63) is 95.1 Å². The Hall–Kier alpha value is -4.66. The van der Waals surface area contributed by atoms with E-state index in [0.717, 1.165) is 11.1 Å². The summed E-state index contributed by atoms with van der Waals surface area (Å²) in [6.45, 7) is 5.52. The van der Waals surface area contributed by atoms with Crippen LogP contribution < -0.4 is 16.0 Å². The zero-order valence-electron chi connectivity index (χ0n) is 22.6. The van der Waals surface area contributed by atoms with Crippen molar-refractivity contribution in [2.75, 3.05) is 5.32 Å². The Morgan fingerprint density at radius 1 is 0.950 bits per heavy atom. The summed E-state index contributed by atoms with van der Waals surface area (Å²) in [6, 6.07) is 18.8. The highest BCUT2D eigenvalue weighted by Crippen LogP contribution is 2.35. The number of fused-ring (bicyclic) bond motifs is 1. The molecule has 1 aliphatic rings. The van der Waals surface area contributed by atoms with E-state index in [-0.39, 0.29) is 30.4 Å². The van der Waals surface area contributed by atoms with Gasteiger partial charge >= 0.3 is 5.97 Å². The Balaban J connectivity index is 1.55. The molecule has 0 bridgehead atoms. The minimum Gasteiger partial charge on any atom is -0.508 e. The maximum absolute atomic E-state index is 13.5. The number of phenols is 1. The van der Waals surface area contributed by atoms with E-state index < -0.39 is 36.0 Å². The summed E-state index contributed by atoms with van der Waals surface area (Å²) >= 11 is 0. The lowest BCUT2D eigenvalue weighted by Crippen LogP contribution is -2.55. The molecule has 3 aromatic rings. The zero-order valence-corrected chi connectivity index (χ0v) is 22.6. The number of aryl methyl sites for hydroxylation is 1. The fourth-order valence-electron chi connectivity index (χ4n) is 4.55. The highest BCUT2D eigenvalue weighted by molar-refractivity contribution is 6.00. The molecule has 3 aromatic carbocycles. The van der Waals surface area contributed by atoms with Gasteiger partial charge in [0, 0.05) is 11.3 Å². The van der Waals surface area contributed by atoms with Gasteiger partial charge in [0.15, 0.2) is 0 Å². The third-order valence-electron chi connectivity index (χ3n) is 6.69. The summed E-state index contributed by atoms with van der Waals surface area (Å²) in [7, 11) is 0. The largest absolute Gasteiger partial charge is 0.508 e. The molecule has 3 amide bonds. The molecule has 0 saturated heterocycles. The first-order valence-corrected chi connectivity index (χ1v) is 13.1. The molecule has 0 saturated carbocycles. The number of rotatable bonds is 9. The summed E-state index contributed by atoms with van der Waals surface area (Å²) in [5.74, 6) is -2.53. The molecule has 0 radical (unpaired) electrons. The topological polar surface area (TPSA) is 134 Å². The molecule has 1 heterocycles. The second-order valence-electron chi connectivity index (χ2n) is 10.3. The fourth-order valence-corrected chi connectivity index (χ4v) is 4.55. The standard InChI is InChI=1S/C31H33N3O6/c1-18(2)27(33-25(36)15-20-7-5-4-6-8-20)30(38)34-28-23-17-22(35)13-14-24(23)32-31(39)29(28)40-26(37)16-21-11-9-19(3)10-12-21/h4-14,17-18,27-29,35H,15-16H2,1-3H3,(H,32,39)(H,33,36)(H,34,38)/t27-,28-,29+/m0/s1. The number of esters is 1. The van der Waals surface area contributed by atoms with Crippen LogP contribution in [0.15, 0.2) is 72.8 Å². The molecular formula is C31H33N3O6. The van der Waals surface area contributed by atoms with E-state index in [2.05, 4.69) is 16.0 Å². The van der Waals surface area contributed by atoms with E-state index in [4.69, 9.17) is 4.74 Å². The number of aromatic hydroxyl groups is 1. The van der Waals surface area contributed by atoms with Gasteiger partial charge in [-0.25, -0.2) is 0 Å². The van der Waals surface area contributed by atoms with Gasteiger partial charge in [-0.05, 0) is 42.2 Å². The molecule has 40 heavy (non-hydrogen) atoms. The van der Waals surface area contributed by atoms with Gasteiger partial charge in [0.05, 0.1) is 12.8 Å². The second kappa shape index (κ2) is 12.5. The molecule has 4 N–H and O–H groups in total. The molecule has 9 nitrogen and oxygen atoms in total. The number of amides is 3. The minimum absolute atomic E-state index is 0.0677. The Bertz CT molecular complexity index is 1390. The highest BCUT2D eigenvalue weighted by Gasteiger charge is 2.41. The van der Waals surface area contributed by atoms with E-state index >= 15 is 0 Å². The van der Waals surface area contributed by atoms with Crippen molar-refractivity contribution in [3.63, 3.8) is 0 Å². The van der Waals surface area contributed by atoms with Gasteiger partial charge in [-0.2, -0.15) is 0 Å². The first-order chi connectivity index (χ1) is 19.1. The number of phenolic OH excluding ortho intramolecular Hbond substituents is 1. The average Bonchev–Trinajstić information content (AvgIpc) is 2.91. The van der Waals surface area contributed by atoms with Gasteiger partial charge in [-0.3, -0.25) is 19.2 Å². The summed E-state index contributed by atoms with van der Waals surface area (Å²) in [5.41, 5.74) is 3.30. The van der Waals surface area contributed by atoms with Crippen molar-refractivity contribution in [3.8, 4) is 5.75 Å². The number of carbonyl (C=O) groups excluding carboxylic acids is 4. The number of nitrogens with one attached hydrogen (secondary N) is 3. The Morgan fingerprint density at radius 2 is 1.62 bits per heavy atom. The Kier molecular flexibility index (Phi) is 8.83. The third-order valence-corrected chi connectivity index (χ3v) is 6.69. The maximum atomic E-state index is 13.5. The lowest BCUT2D eigenvalue weighted by atomic mass is 9.93. The van der Waals surface area contributed by atoms with E-state index in [1.54, 1.807) is 26.0 Å². The number of anilines is 1. The normalized spacial score (nSPS) is 16.9. The van der Waals surface area contributed by atoms with Crippen LogP contribution in [0, 0.1) is 12.8 Å². The number of benzene rings is 3. The van der Waals surface area contributed by atoms with Crippen molar-refractivity contribution in [1.82, 2.24) is 10.6 Å². The molecular weight excluding hydrogens is 510 g/mol. The molecule has 1 aliphatic heterocycles. The molecule has 9 heteroatoms. The lowest BCUT2D eigenvalue weighted by molar-refractivity contribution is -0.156. The molecule has 3 atom stereocenters.